The predicted octanol–water partition coefficient (Wildman–Crippen LogP) is 3.18. The Morgan fingerprint density at radius 3 is 2.36 bits per heavy atom. The van der Waals surface area contributed by atoms with Crippen LogP contribution in [0.5, 0.6) is 11.5 Å². The number of anilines is 1. The van der Waals surface area contributed by atoms with Crippen molar-refractivity contribution in [2.75, 3.05) is 11.6 Å². The average molecular weight is 397 g/mol. The van der Waals surface area contributed by atoms with Crippen molar-refractivity contribution in [2.45, 2.75) is 6.54 Å². The smallest absolute Gasteiger partial charge is 0.255 e. The Bertz CT molecular complexity index is 1050. The molecule has 3 aromatic rings. The van der Waals surface area contributed by atoms with Crippen LogP contribution >= 0.6 is 0 Å². The lowest BCUT2D eigenvalue weighted by atomic mass is 10.2. The van der Waals surface area contributed by atoms with E-state index in [4.69, 9.17) is 4.74 Å². The number of pyridine rings is 1. The van der Waals surface area contributed by atoms with E-state index in [1.807, 2.05) is 30.3 Å². The molecule has 0 radical (unpaired) electrons. The number of aromatic nitrogens is 1. The SMILES string of the molecule is CS(=O)(=O)NCc1cc(C(=O)Nc2ccc(Oc3ccccc3)cc2)ccn1. The molecule has 0 aliphatic heterocycles. The van der Waals surface area contributed by atoms with E-state index < -0.39 is 10.0 Å². The number of sulfonamides is 1. The van der Waals surface area contributed by atoms with Crippen molar-refractivity contribution in [1.82, 2.24) is 9.71 Å². The number of benzene rings is 2. The van der Waals surface area contributed by atoms with Gasteiger partial charge in [0.25, 0.3) is 5.91 Å². The van der Waals surface area contributed by atoms with Crippen molar-refractivity contribution < 1.29 is 17.9 Å². The average Bonchev–Trinajstić information content (AvgIpc) is 2.68. The van der Waals surface area contributed by atoms with Crippen LogP contribution in [0.3, 0.4) is 0 Å². The fourth-order valence-corrected chi connectivity index (χ4v) is 2.77. The van der Waals surface area contributed by atoms with Gasteiger partial charge in [-0.1, -0.05) is 18.2 Å². The van der Waals surface area contributed by atoms with Gasteiger partial charge >= 0.3 is 0 Å². The lowest BCUT2D eigenvalue weighted by Crippen LogP contribution is -2.22. The third kappa shape index (κ3) is 5.90. The Hall–Kier alpha value is -3.23. The Morgan fingerprint density at radius 2 is 1.68 bits per heavy atom. The van der Waals surface area contributed by atoms with E-state index >= 15 is 0 Å². The van der Waals surface area contributed by atoms with Crippen LogP contribution in [0, 0.1) is 0 Å². The number of carbonyl (C=O) groups is 1. The maximum absolute atomic E-state index is 12.4. The summed E-state index contributed by atoms with van der Waals surface area (Å²) in [5.74, 6) is 1.06. The third-order valence-electron chi connectivity index (χ3n) is 3.69. The van der Waals surface area contributed by atoms with Gasteiger partial charge in [-0.15, -0.1) is 0 Å². The monoisotopic (exact) mass is 397 g/mol. The van der Waals surface area contributed by atoms with E-state index in [2.05, 4.69) is 15.0 Å². The first-order chi connectivity index (χ1) is 13.4. The molecule has 0 saturated heterocycles. The third-order valence-corrected chi connectivity index (χ3v) is 4.35. The van der Waals surface area contributed by atoms with Crippen molar-refractivity contribution in [2.24, 2.45) is 0 Å². The van der Waals surface area contributed by atoms with Gasteiger partial charge in [0.05, 0.1) is 18.5 Å². The summed E-state index contributed by atoms with van der Waals surface area (Å²) in [5, 5.41) is 2.79. The van der Waals surface area contributed by atoms with Gasteiger partial charge < -0.3 is 10.1 Å². The first-order valence-corrected chi connectivity index (χ1v) is 10.3. The van der Waals surface area contributed by atoms with Crippen LogP contribution in [0.25, 0.3) is 0 Å². The quantitative estimate of drug-likeness (QED) is 0.638. The fourth-order valence-electron chi connectivity index (χ4n) is 2.36. The zero-order chi connectivity index (χ0) is 20.0. The Labute approximate surface area is 163 Å². The summed E-state index contributed by atoms with van der Waals surface area (Å²) in [7, 11) is -3.33. The number of ether oxygens (including phenoxy) is 1. The van der Waals surface area contributed by atoms with Crippen LogP contribution in [-0.2, 0) is 16.6 Å². The normalized spacial score (nSPS) is 11.0. The highest BCUT2D eigenvalue weighted by Crippen LogP contribution is 2.22. The fraction of sp³-hybridized carbons (Fsp3) is 0.100. The summed E-state index contributed by atoms with van der Waals surface area (Å²) in [4.78, 5) is 16.5. The molecule has 2 aromatic carbocycles. The maximum atomic E-state index is 12.4. The molecule has 7 nitrogen and oxygen atoms in total. The maximum Gasteiger partial charge on any atom is 0.255 e. The molecule has 0 aliphatic carbocycles. The summed E-state index contributed by atoms with van der Waals surface area (Å²) in [6, 6.07) is 19.5. The molecule has 0 fully saturated rings. The molecule has 8 heteroatoms. The number of carbonyl (C=O) groups excluding carboxylic acids is 1. The Kier molecular flexibility index (Phi) is 6.03. The summed E-state index contributed by atoms with van der Waals surface area (Å²) in [6.07, 6.45) is 2.53. The van der Waals surface area contributed by atoms with Crippen LogP contribution in [0.15, 0.2) is 72.9 Å². The second kappa shape index (κ2) is 8.64. The molecule has 0 unspecified atom stereocenters. The molecule has 3 rings (SSSR count). The van der Waals surface area contributed by atoms with Crippen molar-refractivity contribution in [3.8, 4) is 11.5 Å². The highest BCUT2D eigenvalue weighted by Gasteiger charge is 2.09. The van der Waals surface area contributed by atoms with Crippen LogP contribution in [0.4, 0.5) is 5.69 Å². The van der Waals surface area contributed by atoms with Crippen molar-refractivity contribution in [1.29, 1.82) is 0 Å². The minimum absolute atomic E-state index is 0.0193. The van der Waals surface area contributed by atoms with Crippen LogP contribution in [0.1, 0.15) is 16.1 Å². The van der Waals surface area contributed by atoms with E-state index in [0.29, 0.717) is 22.7 Å². The number of nitrogens with zero attached hydrogens (tertiary/aromatic N) is 1. The lowest BCUT2D eigenvalue weighted by Gasteiger charge is -2.09. The number of para-hydroxylation sites is 1. The molecule has 28 heavy (non-hydrogen) atoms. The minimum Gasteiger partial charge on any atom is -0.457 e. The summed E-state index contributed by atoms with van der Waals surface area (Å²) >= 11 is 0. The summed E-state index contributed by atoms with van der Waals surface area (Å²) < 4.78 is 30.4. The lowest BCUT2D eigenvalue weighted by molar-refractivity contribution is 0.102. The van der Waals surface area contributed by atoms with Gasteiger partial charge in [-0.05, 0) is 48.5 Å². The van der Waals surface area contributed by atoms with Crippen molar-refractivity contribution in [3.63, 3.8) is 0 Å². The highest BCUT2D eigenvalue weighted by molar-refractivity contribution is 7.88. The highest BCUT2D eigenvalue weighted by atomic mass is 32.2. The topological polar surface area (TPSA) is 97.4 Å². The van der Waals surface area contributed by atoms with Crippen molar-refractivity contribution in [3.05, 3.63) is 84.2 Å². The number of amides is 1. The molecular formula is C20H19N3O4S. The Morgan fingerprint density at radius 1 is 1.00 bits per heavy atom. The number of hydrogen-bond acceptors (Lipinski definition) is 5. The standard InChI is InChI=1S/C20H19N3O4S/c1-28(25,26)22-14-17-13-15(11-12-21-17)20(24)23-16-7-9-19(10-8-16)27-18-5-3-2-4-6-18/h2-13,22H,14H2,1H3,(H,23,24). The van der Waals surface area contributed by atoms with E-state index in [-0.39, 0.29) is 12.5 Å². The van der Waals surface area contributed by atoms with Crippen LogP contribution in [-0.4, -0.2) is 25.6 Å². The number of nitrogens with one attached hydrogen (secondary N) is 2. The number of hydrogen-bond donors (Lipinski definition) is 2. The molecule has 0 bridgehead atoms. The van der Waals surface area contributed by atoms with Crippen LogP contribution in [0.2, 0.25) is 0 Å². The second-order valence-electron chi connectivity index (χ2n) is 6.02. The summed E-state index contributed by atoms with van der Waals surface area (Å²) in [6.45, 7) is 0.0193. The van der Waals surface area contributed by atoms with Gasteiger partial charge in [0.15, 0.2) is 0 Å². The van der Waals surface area contributed by atoms with Crippen molar-refractivity contribution >= 4 is 21.6 Å². The van der Waals surface area contributed by atoms with E-state index in [0.717, 1.165) is 12.0 Å². The molecule has 0 aliphatic rings. The zero-order valence-corrected chi connectivity index (χ0v) is 15.9. The molecule has 144 valence electrons. The van der Waals surface area contributed by atoms with Gasteiger partial charge in [-0.25, -0.2) is 13.1 Å². The minimum atomic E-state index is -3.33. The zero-order valence-electron chi connectivity index (χ0n) is 15.1. The van der Waals surface area contributed by atoms with E-state index in [9.17, 15) is 13.2 Å². The molecule has 1 amide bonds. The van der Waals surface area contributed by atoms with Gasteiger partial charge in [-0.3, -0.25) is 9.78 Å². The first-order valence-electron chi connectivity index (χ1n) is 8.43. The van der Waals surface area contributed by atoms with Gasteiger partial charge in [0.2, 0.25) is 10.0 Å². The molecule has 2 N–H and O–H groups in total. The van der Waals surface area contributed by atoms with Crippen LogP contribution < -0.4 is 14.8 Å². The Balaban J connectivity index is 1.63. The molecule has 0 saturated carbocycles. The molecule has 1 aromatic heterocycles. The summed E-state index contributed by atoms with van der Waals surface area (Å²) in [5.41, 5.74) is 1.44. The van der Waals surface area contributed by atoms with Gasteiger partial charge in [-0.2, -0.15) is 0 Å². The van der Waals surface area contributed by atoms with Gasteiger partial charge in [0.1, 0.15) is 11.5 Å². The van der Waals surface area contributed by atoms with Gasteiger partial charge in [0, 0.05) is 17.4 Å². The van der Waals surface area contributed by atoms with E-state index in [1.165, 1.54) is 6.20 Å². The molecular weight excluding hydrogens is 378 g/mol. The first kappa shape index (κ1) is 19.5. The second-order valence-corrected chi connectivity index (χ2v) is 7.86. The van der Waals surface area contributed by atoms with E-state index in [1.54, 1.807) is 36.4 Å². The largest absolute Gasteiger partial charge is 0.457 e. The molecule has 1 heterocycles. The predicted molar refractivity (Wildman–Crippen MR) is 107 cm³/mol. The molecule has 0 spiro atoms. The molecule has 0 atom stereocenters. The number of rotatable bonds is 7.